The molecule has 1 fully saturated rings. The van der Waals surface area contributed by atoms with Gasteiger partial charge in [-0.2, -0.15) is 0 Å². The largest absolute Gasteiger partial charge is 0.393 e. The van der Waals surface area contributed by atoms with Crippen LogP contribution < -0.4 is 0 Å². The van der Waals surface area contributed by atoms with Crippen LogP contribution in [0.1, 0.15) is 26.2 Å². The van der Waals surface area contributed by atoms with E-state index in [0.29, 0.717) is 13.0 Å². The Morgan fingerprint density at radius 1 is 1.73 bits per heavy atom. The second kappa shape index (κ2) is 3.52. The molecule has 1 saturated heterocycles. The molecule has 1 aliphatic heterocycles. The molecule has 0 aromatic carbocycles. The maximum absolute atomic E-state index is 9.35. The van der Waals surface area contributed by atoms with E-state index >= 15 is 0 Å². The Morgan fingerprint density at radius 2 is 2.45 bits per heavy atom. The molecule has 1 rings (SSSR count). The van der Waals surface area contributed by atoms with Crippen molar-refractivity contribution in [3.63, 3.8) is 0 Å². The first-order valence-electron chi connectivity index (χ1n) is 4.09. The summed E-state index contributed by atoms with van der Waals surface area (Å²) < 4.78 is 10.7. The highest BCUT2D eigenvalue weighted by Gasteiger charge is 2.35. The van der Waals surface area contributed by atoms with Crippen LogP contribution in [0.3, 0.4) is 0 Å². The van der Waals surface area contributed by atoms with E-state index in [1.54, 1.807) is 7.11 Å². The van der Waals surface area contributed by atoms with Gasteiger partial charge < -0.3 is 14.6 Å². The van der Waals surface area contributed by atoms with Gasteiger partial charge in [0.25, 0.3) is 0 Å². The first-order valence-corrected chi connectivity index (χ1v) is 4.09. The maximum Gasteiger partial charge on any atom is 0.170 e. The summed E-state index contributed by atoms with van der Waals surface area (Å²) in [5.74, 6) is -0.516. The molecule has 66 valence electrons. The van der Waals surface area contributed by atoms with Gasteiger partial charge in [0.1, 0.15) is 0 Å². The van der Waals surface area contributed by atoms with Gasteiger partial charge in [0.05, 0.1) is 12.7 Å². The lowest BCUT2D eigenvalue weighted by Crippen LogP contribution is -2.42. The minimum Gasteiger partial charge on any atom is -0.393 e. The van der Waals surface area contributed by atoms with Crippen LogP contribution in [0.15, 0.2) is 0 Å². The van der Waals surface area contributed by atoms with Crippen molar-refractivity contribution in [2.45, 2.75) is 38.1 Å². The number of aliphatic hydroxyl groups excluding tert-OH is 1. The summed E-state index contributed by atoms with van der Waals surface area (Å²) in [6.07, 6.45) is 1.86. The highest BCUT2D eigenvalue weighted by Crippen LogP contribution is 2.28. The number of rotatable bonds is 2. The molecule has 0 aromatic rings. The topological polar surface area (TPSA) is 38.7 Å². The lowest BCUT2D eigenvalue weighted by atomic mass is 10.0. The quantitative estimate of drug-likeness (QED) is 0.652. The minimum atomic E-state index is -0.516. The summed E-state index contributed by atoms with van der Waals surface area (Å²) in [4.78, 5) is 0. The van der Waals surface area contributed by atoms with Crippen molar-refractivity contribution in [2.24, 2.45) is 0 Å². The van der Waals surface area contributed by atoms with Crippen molar-refractivity contribution in [1.82, 2.24) is 0 Å². The van der Waals surface area contributed by atoms with Gasteiger partial charge in [0.2, 0.25) is 0 Å². The predicted molar refractivity (Wildman–Crippen MR) is 41.2 cm³/mol. The van der Waals surface area contributed by atoms with Crippen molar-refractivity contribution in [3.8, 4) is 0 Å². The molecule has 0 aromatic heterocycles. The molecule has 0 aliphatic carbocycles. The Balaban J connectivity index is 2.52. The highest BCUT2D eigenvalue weighted by molar-refractivity contribution is 4.77. The molecule has 1 aliphatic rings. The number of aliphatic hydroxyl groups is 1. The predicted octanol–water partition coefficient (Wildman–Crippen LogP) is 0.910. The molecule has 0 spiro atoms. The molecule has 2 atom stereocenters. The van der Waals surface area contributed by atoms with Gasteiger partial charge >= 0.3 is 0 Å². The van der Waals surface area contributed by atoms with E-state index in [2.05, 4.69) is 0 Å². The minimum absolute atomic E-state index is 0.261. The lowest BCUT2D eigenvalue weighted by Gasteiger charge is -2.37. The van der Waals surface area contributed by atoms with E-state index in [1.807, 2.05) is 6.92 Å². The number of methoxy groups -OCH3 is 1. The van der Waals surface area contributed by atoms with E-state index in [0.717, 1.165) is 12.8 Å². The number of hydrogen-bond acceptors (Lipinski definition) is 3. The fraction of sp³-hybridized carbons (Fsp3) is 1.00. The average molecular weight is 160 g/mol. The van der Waals surface area contributed by atoms with Crippen LogP contribution >= 0.6 is 0 Å². The monoisotopic (exact) mass is 160 g/mol. The standard InChI is InChI=1S/C8H16O3/c1-3-8(10-2)6-7(9)4-5-11-8/h7,9H,3-6H2,1-2H3/t7?,8-/m1/s1. The molecule has 1 N–H and O–H groups in total. The van der Waals surface area contributed by atoms with Crippen molar-refractivity contribution in [2.75, 3.05) is 13.7 Å². The smallest absolute Gasteiger partial charge is 0.170 e. The summed E-state index contributed by atoms with van der Waals surface area (Å²) in [7, 11) is 1.63. The van der Waals surface area contributed by atoms with Crippen molar-refractivity contribution in [1.29, 1.82) is 0 Å². The molecule has 0 radical (unpaired) electrons. The number of hydrogen-bond donors (Lipinski definition) is 1. The Bertz CT molecular complexity index is 121. The van der Waals surface area contributed by atoms with Crippen LogP contribution in [0.2, 0.25) is 0 Å². The van der Waals surface area contributed by atoms with Crippen molar-refractivity contribution < 1.29 is 14.6 Å². The lowest BCUT2D eigenvalue weighted by molar-refractivity contribution is -0.260. The third kappa shape index (κ3) is 1.92. The summed E-state index contributed by atoms with van der Waals surface area (Å²) in [6.45, 7) is 2.60. The third-order valence-corrected chi connectivity index (χ3v) is 2.27. The summed E-state index contributed by atoms with van der Waals surface area (Å²) >= 11 is 0. The third-order valence-electron chi connectivity index (χ3n) is 2.27. The molecule has 0 saturated carbocycles. The first-order chi connectivity index (χ1) is 5.22. The summed E-state index contributed by atoms with van der Waals surface area (Å²) in [6, 6.07) is 0. The average Bonchev–Trinajstić information content (AvgIpc) is 2.04. The zero-order valence-electron chi connectivity index (χ0n) is 7.17. The second-order valence-corrected chi connectivity index (χ2v) is 2.96. The van der Waals surface area contributed by atoms with Crippen LogP contribution in [-0.4, -0.2) is 30.7 Å². The summed E-state index contributed by atoms with van der Waals surface area (Å²) in [5.41, 5.74) is 0. The Kier molecular flexibility index (Phi) is 2.87. The Hall–Kier alpha value is -0.120. The van der Waals surface area contributed by atoms with E-state index in [1.165, 1.54) is 0 Å². The van der Waals surface area contributed by atoms with E-state index < -0.39 is 5.79 Å². The molecular weight excluding hydrogens is 144 g/mol. The van der Waals surface area contributed by atoms with Crippen LogP contribution in [-0.2, 0) is 9.47 Å². The molecule has 1 unspecified atom stereocenters. The van der Waals surface area contributed by atoms with E-state index in [9.17, 15) is 5.11 Å². The normalized spacial score (nSPS) is 39.0. The fourth-order valence-corrected chi connectivity index (χ4v) is 1.43. The van der Waals surface area contributed by atoms with Crippen LogP contribution in [0, 0.1) is 0 Å². The van der Waals surface area contributed by atoms with Crippen LogP contribution in [0.5, 0.6) is 0 Å². The molecule has 3 heteroatoms. The number of ether oxygens (including phenoxy) is 2. The Morgan fingerprint density at radius 3 is 2.82 bits per heavy atom. The maximum atomic E-state index is 9.35. The van der Waals surface area contributed by atoms with E-state index in [4.69, 9.17) is 9.47 Å². The molecule has 0 bridgehead atoms. The highest BCUT2D eigenvalue weighted by atomic mass is 16.7. The zero-order chi connectivity index (χ0) is 8.32. The van der Waals surface area contributed by atoms with Gasteiger partial charge in [-0.05, 0) is 12.8 Å². The van der Waals surface area contributed by atoms with Gasteiger partial charge in [-0.15, -0.1) is 0 Å². The molecule has 3 nitrogen and oxygen atoms in total. The fourth-order valence-electron chi connectivity index (χ4n) is 1.43. The molecular formula is C8H16O3. The second-order valence-electron chi connectivity index (χ2n) is 2.96. The molecule has 1 heterocycles. The van der Waals surface area contributed by atoms with Gasteiger partial charge in [0.15, 0.2) is 5.79 Å². The van der Waals surface area contributed by atoms with Gasteiger partial charge in [-0.3, -0.25) is 0 Å². The zero-order valence-corrected chi connectivity index (χ0v) is 7.17. The van der Waals surface area contributed by atoms with E-state index in [-0.39, 0.29) is 6.10 Å². The summed E-state index contributed by atoms with van der Waals surface area (Å²) in [5, 5.41) is 9.35. The van der Waals surface area contributed by atoms with Gasteiger partial charge in [0, 0.05) is 13.5 Å². The molecule has 11 heavy (non-hydrogen) atoms. The van der Waals surface area contributed by atoms with Gasteiger partial charge in [-0.1, -0.05) is 6.92 Å². The van der Waals surface area contributed by atoms with Crippen molar-refractivity contribution >= 4 is 0 Å². The first kappa shape index (κ1) is 8.97. The van der Waals surface area contributed by atoms with Crippen molar-refractivity contribution in [3.05, 3.63) is 0 Å². The van der Waals surface area contributed by atoms with Gasteiger partial charge in [-0.25, -0.2) is 0 Å². The Labute approximate surface area is 67.3 Å². The van der Waals surface area contributed by atoms with Crippen LogP contribution in [0.25, 0.3) is 0 Å². The van der Waals surface area contributed by atoms with Crippen LogP contribution in [0.4, 0.5) is 0 Å². The molecule has 0 amide bonds. The SMILES string of the molecule is CC[C@]1(OC)CC(O)CCO1.